The molecule has 6 heteroatoms. The molecule has 0 spiro atoms. The highest BCUT2D eigenvalue weighted by atomic mass is 16.5. The zero-order chi connectivity index (χ0) is 26.9. The summed E-state index contributed by atoms with van der Waals surface area (Å²) in [6.07, 6.45) is 12.0. The van der Waals surface area contributed by atoms with Crippen LogP contribution in [0.3, 0.4) is 0 Å². The van der Waals surface area contributed by atoms with Gasteiger partial charge in [0.15, 0.2) is 0 Å². The number of esters is 1. The summed E-state index contributed by atoms with van der Waals surface area (Å²) >= 11 is 0. The first-order valence-electron chi connectivity index (χ1n) is 13.7. The Morgan fingerprint density at radius 2 is 1.35 bits per heavy atom. The van der Waals surface area contributed by atoms with E-state index < -0.39 is 23.8 Å². The number of ether oxygens (including phenoxy) is 2. The van der Waals surface area contributed by atoms with Crippen molar-refractivity contribution < 1.29 is 23.9 Å². The summed E-state index contributed by atoms with van der Waals surface area (Å²) < 4.78 is 10.8. The fraction of sp³-hybridized carbons (Fsp3) is 0.516. The van der Waals surface area contributed by atoms with E-state index in [1.165, 1.54) is 51.9 Å². The third-order valence-electron chi connectivity index (χ3n) is 6.49. The molecule has 0 aliphatic carbocycles. The molecule has 37 heavy (non-hydrogen) atoms. The molecular weight excluding hydrogens is 466 g/mol. The van der Waals surface area contributed by atoms with E-state index in [0.29, 0.717) is 11.3 Å². The van der Waals surface area contributed by atoms with Gasteiger partial charge in [-0.2, -0.15) is 0 Å². The molecule has 2 aromatic carbocycles. The van der Waals surface area contributed by atoms with Crippen molar-refractivity contribution in [2.45, 2.75) is 90.5 Å². The molecule has 0 saturated carbocycles. The zero-order valence-electron chi connectivity index (χ0n) is 22.7. The molecule has 0 bridgehead atoms. The minimum Gasteiger partial charge on any atom is -0.497 e. The number of hydrogen-bond acceptors (Lipinski definition) is 5. The molecule has 6 nitrogen and oxygen atoms in total. The number of imide groups is 1. The topological polar surface area (TPSA) is 72.9 Å². The van der Waals surface area contributed by atoms with Gasteiger partial charge in [0, 0.05) is 18.9 Å². The molecule has 2 rings (SSSR count). The summed E-state index contributed by atoms with van der Waals surface area (Å²) in [5.74, 6) is -0.885. The normalized spacial score (nSPS) is 11.5. The molecule has 0 radical (unpaired) electrons. The van der Waals surface area contributed by atoms with Crippen LogP contribution in [0, 0.1) is 0 Å². The van der Waals surface area contributed by atoms with Crippen LogP contribution in [0.1, 0.15) is 94.0 Å². The molecule has 2 aromatic rings. The van der Waals surface area contributed by atoms with Crippen LogP contribution in [0.5, 0.6) is 5.75 Å². The summed E-state index contributed by atoms with van der Waals surface area (Å²) in [7, 11) is 1.58. The van der Waals surface area contributed by atoms with Crippen molar-refractivity contribution in [1.82, 2.24) is 4.90 Å². The van der Waals surface area contributed by atoms with Gasteiger partial charge in [-0.15, -0.1) is 0 Å². The molecule has 0 fully saturated rings. The maximum Gasteiger partial charge on any atom is 0.329 e. The van der Waals surface area contributed by atoms with Gasteiger partial charge in [-0.3, -0.25) is 14.5 Å². The molecule has 0 aromatic heterocycles. The van der Waals surface area contributed by atoms with Gasteiger partial charge in [0.05, 0.1) is 13.7 Å². The molecule has 202 valence electrons. The van der Waals surface area contributed by atoms with Crippen molar-refractivity contribution in [2.75, 3.05) is 13.7 Å². The average Bonchev–Trinajstić information content (AvgIpc) is 2.91. The second-order valence-corrected chi connectivity index (χ2v) is 9.48. The van der Waals surface area contributed by atoms with E-state index in [1.54, 1.807) is 49.6 Å². The number of amides is 2. The lowest BCUT2D eigenvalue weighted by molar-refractivity contribution is -0.152. The summed E-state index contributed by atoms with van der Waals surface area (Å²) in [6, 6.07) is 14.7. The predicted octanol–water partition coefficient (Wildman–Crippen LogP) is 6.76. The Bertz CT molecular complexity index is 942. The minimum atomic E-state index is -1.05. The van der Waals surface area contributed by atoms with Gasteiger partial charge in [0.1, 0.15) is 11.8 Å². The van der Waals surface area contributed by atoms with Crippen LogP contribution in [0.4, 0.5) is 0 Å². The number of unbranched alkanes of at least 4 members (excludes halogenated alkanes) is 9. The Morgan fingerprint density at radius 3 is 1.89 bits per heavy atom. The number of benzene rings is 2. The lowest BCUT2D eigenvalue weighted by Crippen LogP contribution is -2.49. The van der Waals surface area contributed by atoms with E-state index in [9.17, 15) is 14.4 Å². The van der Waals surface area contributed by atoms with Gasteiger partial charge in [0.2, 0.25) is 5.91 Å². The molecule has 0 N–H and O–H groups in total. The van der Waals surface area contributed by atoms with Gasteiger partial charge in [-0.25, -0.2) is 4.79 Å². The van der Waals surface area contributed by atoms with Gasteiger partial charge in [0.25, 0.3) is 5.91 Å². The summed E-state index contributed by atoms with van der Waals surface area (Å²) in [5, 5.41) is 0. The predicted molar refractivity (Wildman–Crippen MR) is 147 cm³/mol. The standard InChI is InChI=1S/C31H43NO5/c1-4-5-6-7-8-9-10-11-12-16-23-37-31(35)29(24-26-19-21-28(36-3)22-20-26)32(25(2)33)30(34)27-17-14-13-15-18-27/h13-15,17-22,29H,4-12,16,23-24H2,1-3H3. The molecule has 0 aliphatic rings. The van der Waals surface area contributed by atoms with Crippen LogP contribution in [0.25, 0.3) is 0 Å². The lowest BCUT2D eigenvalue weighted by atomic mass is 10.0. The van der Waals surface area contributed by atoms with Crippen molar-refractivity contribution in [3.63, 3.8) is 0 Å². The maximum absolute atomic E-state index is 13.3. The second-order valence-electron chi connectivity index (χ2n) is 9.48. The van der Waals surface area contributed by atoms with Crippen LogP contribution in [-0.4, -0.2) is 42.4 Å². The van der Waals surface area contributed by atoms with Crippen molar-refractivity contribution in [1.29, 1.82) is 0 Å². The third-order valence-corrected chi connectivity index (χ3v) is 6.49. The highest BCUT2D eigenvalue weighted by Crippen LogP contribution is 2.19. The van der Waals surface area contributed by atoms with Crippen LogP contribution in [0.2, 0.25) is 0 Å². The Balaban J connectivity index is 1.98. The fourth-order valence-corrected chi connectivity index (χ4v) is 4.35. The Kier molecular flexibility index (Phi) is 14.1. The Morgan fingerprint density at radius 1 is 0.784 bits per heavy atom. The van der Waals surface area contributed by atoms with Crippen molar-refractivity contribution >= 4 is 17.8 Å². The van der Waals surface area contributed by atoms with Crippen LogP contribution in [0.15, 0.2) is 54.6 Å². The number of carbonyl (C=O) groups is 3. The Labute approximate surface area is 222 Å². The molecular formula is C31H43NO5. The minimum absolute atomic E-state index is 0.166. The van der Waals surface area contributed by atoms with E-state index in [2.05, 4.69) is 6.92 Å². The zero-order valence-corrected chi connectivity index (χ0v) is 22.7. The van der Waals surface area contributed by atoms with Gasteiger partial charge in [-0.1, -0.05) is 95.0 Å². The molecule has 2 amide bonds. The first-order chi connectivity index (χ1) is 18.0. The number of carbonyl (C=O) groups excluding carboxylic acids is 3. The van der Waals surface area contributed by atoms with Crippen molar-refractivity contribution in [2.24, 2.45) is 0 Å². The van der Waals surface area contributed by atoms with E-state index in [-0.39, 0.29) is 13.0 Å². The monoisotopic (exact) mass is 509 g/mol. The third kappa shape index (κ3) is 10.8. The second kappa shape index (κ2) is 17.3. The highest BCUT2D eigenvalue weighted by Gasteiger charge is 2.35. The van der Waals surface area contributed by atoms with E-state index >= 15 is 0 Å². The van der Waals surface area contributed by atoms with Gasteiger partial charge in [-0.05, 0) is 36.2 Å². The molecule has 1 atom stereocenters. The van der Waals surface area contributed by atoms with E-state index in [0.717, 1.165) is 29.7 Å². The molecule has 1 unspecified atom stereocenters. The number of rotatable bonds is 17. The summed E-state index contributed by atoms with van der Waals surface area (Å²) in [4.78, 5) is 40.1. The number of hydrogen-bond donors (Lipinski definition) is 0. The van der Waals surface area contributed by atoms with Crippen molar-refractivity contribution in [3.8, 4) is 5.75 Å². The SMILES string of the molecule is CCCCCCCCCCCCOC(=O)C(Cc1ccc(OC)cc1)N(C(C)=O)C(=O)c1ccccc1. The maximum atomic E-state index is 13.3. The smallest absolute Gasteiger partial charge is 0.329 e. The summed E-state index contributed by atoms with van der Waals surface area (Å²) in [5.41, 5.74) is 1.15. The fourth-order valence-electron chi connectivity index (χ4n) is 4.35. The summed E-state index contributed by atoms with van der Waals surface area (Å²) in [6.45, 7) is 3.81. The van der Waals surface area contributed by atoms with E-state index in [4.69, 9.17) is 9.47 Å². The molecule has 0 heterocycles. The highest BCUT2D eigenvalue weighted by molar-refractivity contribution is 6.06. The first-order valence-corrected chi connectivity index (χ1v) is 13.7. The van der Waals surface area contributed by atoms with Crippen LogP contribution < -0.4 is 4.74 Å². The number of methoxy groups -OCH3 is 1. The molecule has 0 aliphatic heterocycles. The van der Waals surface area contributed by atoms with Crippen LogP contribution >= 0.6 is 0 Å². The van der Waals surface area contributed by atoms with Crippen molar-refractivity contribution in [3.05, 3.63) is 65.7 Å². The molecule has 0 saturated heterocycles. The largest absolute Gasteiger partial charge is 0.497 e. The number of nitrogens with zero attached hydrogens (tertiary/aromatic N) is 1. The van der Waals surface area contributed by atoms with Crippen LogP contribution in [-0.2, 0) is 20.7 Å². The Hall–Kier alpha value is -3.15. The average molecular weight is 510 g/mol. The lowest BCUT2D eigenvalue weighted by Gasteiger charge is -2.28. The van der Waals surface area contributed by atoms with E-state index in [1.807, 2.05) is 12.1 Å². The first kappa shape index (κ1) is 30.1. The van der Waals surface area contributed by atoms with Gasteiger partial charge < -0.3 is 9.47 Å². The van der Waals surface area contributed by atoms with Gasteiger partial charge >= 0.3 is 5.97 Å². The quantitative estimate of drug-likeness (QED) is 0.174.